The summed E-state index contributed by atoms with van der Waals surface area (Å²) in [5.74, 6) is 2.64. The average molecular weight is 357 g/mol. The molecule has 2 amide bonds. The van der Waals surface area contributed by atoms with Gasteiger partial charge in [-0.15, -0.1) is 0 Å². The summed E-state index contributed by atoms with van der Waals surface area (Å²) in [6, 6.07) is 2.32. The third-order valence-corrected chi connectivity index (χ3v) is 5.45. The van der Waals surface area contributed by atoms with Gasteiger partial charge in [0.2, 0.25) is 0 Å². The Kier molecular flexibility index (Phi) is 4.65. The molecule has 8 nitrogen and oxygen atoms in total. The number of carbonyl (C=O) groups excluding carboxylic acids is 1. The van der Waals surface area contributed by atoms with Crippen molar-refractivity contribution in [1.82, 2.24) is 29.9 Å². The van der Waals surface area contributed by atoms with Crippen molar-refractivity contribution in [3.05, 3.63) is 23.4 Å². The number of H-pyrrole nitrogens is 1. The summed E-state index contributed by atoms with van der Waals surface area (Å²) >= 11 is 0. The molecule has 8 heteroatoms. The molecule has 26 heavy (non-hydrogen) atoms. The smallest absolute Gasteiger partial charge is 0.323 e. The van der Waals surface area contributed by atoms with Gasteiger partial charge in [0.05, 0.1) is 11.7 Å². The first-order chi connectivity index (χ1) is 12.6. The molecule has 0 bridgehead atoms. The van der Waals surface area contributed by atoms with Crippen LogP contribution < -0.4 is 5.32 Å². The number of carbonyl (C=O) groups is 1. The molecule has 2 aliphatic rings. The molecule has 3 heterocycles. The molecule has 2 aromatic rings. The lowest BCUT2D eigenvalue weighted by Crippen LogP contribution is -2.42. The Morgan fingerprint density at radius 2 is 2.04 bits per heavy atom. The van der Waals surface area contributed by atoms with Crippen LogP contribution in [0.5, 0.6) is 0 Å². The van der Waals surface area contributed by atoms with Gasteiger partial charge in [-0.05, 0) is 39.5 Å². The maximum Gasteiger partial charge on any atom is 0.323 e. The van der Waals surface area contributed by atoms with Gasteiger partial charge in [0.15, 0.2) is 5.82 Å². The predicted molar refractivity (Wildman–Crippen MR) is 98.2 cm³/mol. The lowest BCUT2D eigenvalue weighted by atomic mass is 9.98. The van der Waals surface area contributed by atoms with Crippen molar-refractivity contribution >= 4 is 11.8 Å². The lowest BCUT2D eigenvalue weighted by molar-refractivity contribution is 0.191. The summed E-state index contributed by atoms with van der Waals surface area (Å²) in [7, 11) is 0. The monoisotopic (exact) mass is 357 g/mol. The van der Waals surface area contributed by atoms with E-state index in [1.807, 2.05) is 29.5 Å². The number of hydrogen-bond donors (Lipinski definition) is 2. The average Bonchev–Trinajstić information content (AvgIpc) is 3.36. The molecule has 4 rings (SSSR count). The number of anilines is 1. The number of piperidine rings is 1. The minimum Gasteiger partial charge on any atom is -0.324 e. The molecule has 2 fully saturated rings. The summed E-state index contributed by atoms with van der Waals surface area (Å²) in [4.78, 5) is 19.2. The quantitative estimate of drug-likeness (QED) is 0.883. The Hall–Kier alpha value is -2.38. The molecule has 0 aromatic carbocycles. The van der Waals surface area contributed by atoms with Crippen LogP contribution in [-0.4, -0.2) is 49.0 Å². The number of likely N-dealkylation sites (tertiary alicyclic amines) is 1. The van der Waals surface area contributed by atoms with Crippen LogP contribution in [0.15, 0.2) is 6.07 Å². The highest BCUT2D eigenvalue weighted by atomic mass is 16.2. The fourth-order valence-corrected chi connectivity index (χ4v) is 4.14. The normalized spacial score (nSPS) is 21.3. The summed E-state index contributed by atoms with van der Waals surface area (Å²) in [6.45, 7) is 5.29. The van der Waals surface area contributed by atoms with E-state index in [4.69, 9.17) is 0 Å². The number of rotatable bonds is 3. The molecule has 0 radical (unpaired) electrons. The minimum atomic E-state index is -0.0545. The maximum absolute atomic E-state index is 12.9. The van der Waals surface area contributed by atoms with Crippen LogP contribution in [0, 0.1) is 13.8 Å². The molecule has 1 aliphatic heterocycles. The van der Waals surface area contributed by atoms with Crippen molar-refractivity contribution in [2.45, 2.75) is 64.3 Å². The second kappa shape index (κ2) is 7.09. The van der Waals surface area contributed by atoms with Crippen LogP contribution in [0.4, 0.5) is 10.6 Å². The van der Waals surface area contributed by atoms with Gasteiger partial charge in [-0.1, -0.05) is 12.8 Å². The largest absolute Gasteiger partial charge is 0.324 e. The fraction of sp³-hybridized carbons (Fsp3) is 0.667. The van der Waals surface area contributed by atoms with Gasteiger partial charge < -0.3 is 4.90 Å². The molecular formula is C18H27N7O. The number of amides is 2. The van der Waals surface area contributed by atoms with Crippen molar-refractivity contribution in [2.24, 2.45) is 0 Å². The summed E-state index contributed by atoms with van der Waals surface area (Å²) in [6.07, 6.45) is 6.73. The molecule has 1 saturated carbocycles. The topological polar surface area (TPSA) is 91.7 Å². The standard InChI is InChI=1S/C18H27N7O/c1-12-10-16(25(23-12)15-7-3-4-8-15)20-18(26)24-9-5-6-14(11-24)17-19-13(2)21-22-17/h10,14-15H,3-9,11H2,1-2H3,(H,20,26)(H,19,21,22)/t14-/m0/s1. The van der Waals surface area contributed by atoms with E-state index in [1.54, 1.807) is 0 Å². The second-order valence-electron chi connectivity index (χ2n) is 7.55. The highest BCUT2D eigenvalue weighted by Gasteiger charge is 2.28. The van der Waals surface area contributed by atoms with Gasteiger partial charge >= 0.3 is 6.03 Å². The highest BCUT2D eigenvalue weighted by molar-refractivity contribution is 5.88. The van der Waals surface area contributed by atoms with E-state index >= 15 is 0 Å². The van der Waals surface area contributed by atoms with Crippen LogP contribution in [-0.2, 0) is 0 Å². The second-order valence-corrected chi connectivity index (χ2v) is 7.55. The fourth-order valence-electron chi connectivity index (χ4n) is 4.14. The Labute approximate surface area is 153 Å². The van der Waals surface area contributed by atoms with Gasteiger partial charge in [0.1, 0.15) is 11.6 Å². The van der Waals surface area contributed by atoms with Crippen molar-refractivity contribution < 1.29 is 4.79 Å². The highest BCUT2D eigenvalue weighted by Crippen LogP contribution is 2.32. The van der Waals surface area contributed by atoms with Crippen LogP contribution in [0.2, 0.25) is 0 Å². The number of aryl methyl sites for hydroxylation is 2. The van der Waals surface area contributed by atoms with E-state index in [9.17, 15) is 4.79 Å². The van der Waals surface area contributed by atoms with Crippen LogP contribution in [0.3, 0.4) is 0 Å². The van der Waals surface area contributed by atoms with Crippen molar-refractivity contribution in [1.29, 1.82) is 0 Å². The van der Waals surface area contributed by atoms with Crippen molar-refractivity contribution in [3.8, 4) is 0 Å². The molecule has 1 aliphatic carbocycles. The molecule has 140 valence electrons. The summed E-state index contributed by atoms with van der Waals surface area (Å²) < 4.78 is 2.01. The summed E-state index contributed by atoms with van der Waals surface area (Å²) in [5, 5.41) is 14.9. The van der Waals surface area contributed by atoms with E-state index < -0.39 is 0 Å². The lowest BCUT2D eigenvalue weighted by Gasteiger charge is -2.31. The summed E-state index contributed by atoms with van der Waals surface area (Å²) in [5.41, 5.74) is 0.944. The number of urea groups is 1. The first kappa shape index (κ1) is 17.1. The zero-order valence-corrected chi connectivity index (χ0v) is 15.5. The van der Waals surface area contributed by atoms with Crippen LogP contribution in [0.25, 0.3) is 0 Å². The predicted octanol–water partition coefficient (Wildman–Crippen LogP) is 3.14. The first-order valence-electron chi connectivity index (χ1n) is 9.61. The minimum absolute atomic E-state index is 0.0545. The zero-order chi connectivity index (χ0) is 18.1. The van der Waals surface area contributed by atoms with Crippen LogP contribution >= 0.6 is 0 Å². The third kappa shape index (κ3) is 3.45. The van der Waals surface area contributed by atoms with Crippen LogP contribution in [0.1, 0.15) is 67.8 Å². The van der Waals surface area contributed by atoms with Crippen molar-refractivity contribution in [2.75, 3.05) is 18.4 Å². The molecule has 0 unspecified atom stereocenters. The molecule has 0 spiro atoms. The Morgan fingerprint density at radius 1 is 1.23 bits per heavy atom. The van der Waals surface area contributed by atoms with E-state index in [1.165, 1.54) is 12.8 Å². The first-order valence-corrected chi connectivity index (χ1v) is 9.61. The Bertz CT molecular complexity index is 774. The van der Waals surface area contributed by atoms with Gasteiger partial charge in [0.25, 0.3) is 0 Å². The van der Waals surface area contributed by atoms with E-state index in [-0.39, 0.29) is 11.9 Å². The maximum atomic E-state index is 12.9. The number of aromatic nitrogens is 5. The van der Waals surface area contributed by atoms with Crippen molar-refractivity contribution in [3.63, 3.8) is 0 Å². The SMILES string of the molecule is Cc1cc(NC(=O)N2CCC[C@H](c3n[nH]c(C)n3)C2)n(C2CCCC2)n1. The van der Waals surface area contributed by atoms with E-state index in [2.05, 4.69) is 25.6 Å². The van der Waals surface area contributed by atoms with Gasteiger partial charge in [-0.25, -0.2) is 14.5 Å². The molecule has 1 atom stereocenters. The number of hydrogen-bond acceptors (Lipinski definition) is 4. The van der Waals surface area contributed by atoms with Gasteiger partial charge in [0, 0.05) is 25.1 Å². The number of nitrogens with zero attached hydrogens (tertiary/aromatic N) is 5. The zero-order valence-electron chi connectivity index (χ0n) is 15.5. The Morgan fingerprint density at radius 3 is 2.77 bits per heavy atom. The number of nitrogens with one attached hydrogen (secondary N) is 2. The van der Waals surface area contributed by atoms with E-state index in [0.29, 0.717) is 12.6 Å². The third-order valence-electron chi connectivity index (χ3n) is 5.45. The number of aromatic amines is 1. The Balaban J connectivity index is 1.44. The van der Waals surface area contributed by atoms with Gasteiger partial charge in [-0.2, -0.15) is 10.2 Å². The molecule has 1 saturated heterocycles. The van der Waals surface area contributed by atoms with Gasteiger partial charge in [-0.3, -0.25) is 10.4 Å². The molecular weight excluding hydrogens is 330 g/mol. The molecule has 2 N–H and O–H groups in total. The van der Waals surface area contributed by atoms with E-state index in [0.717, 1.165) is 55.4 Å². The molecule has 2 aromatic heterocycles.